The van der Waals surface area contributed by atoms with E-state index in [1.807, 2.05) is 0 Å². The van der Waals surface area contributed by atoms with Gasteiger partial charge in [-0.1, -0.05) is 0 Å². The molecule has 0 spiro atoms. The number of carbonyl (C=O) groups excluding carboxylic acids is 1. The van der Waals surface area contributed by atoms with Crippen LogP contribution < -0.4 is 10.6 Å². The van der Waals surface area contributed by atoms with Gasteiger partial charge >= 0.3 is 0 Å². The summed E-state index contributed by atoms with van der Waals surface area (Å²) in [7, 11) is 0. The van der Waals surface area contributed by atoms with Gasteiger partial charge in [-0.25, -0.2) is 14.6 Å². The molecule has 0 aromatic carbocycles. The maximum atomic E-state index is 11.5. The Morgan fingerprint density at radius 3 is 3.05 bits per heavy atom. The second-order valence-corrected chi connectivity index (χ2v) is 5.23. The van der Waals surface area contributed by atoms with E-state index in [1.54, 1.807) is 10.9 Å². The van der Waals surface area contributed by atoms with Crippen LogP contribution in [0.5, 0.6) is 0 Å². The molecule has 0 bridgehead atoms. The van der Waals surface area contributed by atoms with Crippen molar-refractivity contribution in [1.29, 1.82) is 5.26 Å². The molecule has 8 heteroatoms. The number of nitrogens with one attached hydrogen (secondary N) is 2. The van der Waals surface area contributed by atoms with E-state index in [0.29, 0.717) is 37.5 Å². The van der Waals surface area contributed by atoms with Crippen molar-refractivity contribution in [3.63, 3.8) is 0 Å². The molecule has 0 radical (unpaired) electrons. The lowest BCUT2D eigenvalue weighted by Gasteiger charge is -2.07. The van der Waals surface area contributed by atoms with Crippen LogP contribution in [-0.2, 0) is 11.3 Å². The SMILES string of the molecule is N#CCCn1ncc2c(NCCNC(=O)C3CC3)ncnc21. The standard InChI is InChI=1S/C14H17N7O/c15-4-1-7-21-13-11(8-20-21)12(18-9-19-13)16-5-6-17-14(22)10-2-3-10/h8-10H,1-3,5-7H2,(H,17,22)(H,16,18,19). The molecule has 8 nitrogen and oxygen atoms in total. The minimum Gasteiger partial charge on any atom is -0.368 e. The first kappa shape index (κ1) is 14.3. The van der Waals surface area contributed by atoms with Crippen molar-refractivity contribution in [3.05, 3.63) is 12.5 Å². The van der Waals surface area contributed by atoms with Gasteiger partial charge in [0.25, 0.3) is 0 Å². The molecule has 1 aliphatic rings. The summed E-state index contributed by atoms with van der Waals surface area (Å²) in [6.45, 7) is 1.66. The molecule has 22 heavy (non-hydrogen) atoms. The van der Waals surface area contributed by atoms with Gasteiger partial charge in [-0.15, -0.1) is 0 Å². The average Bonchev–Trinajstić information content (AvgIpc) is 3.30. The number of fused-ring (bicyclic) bond motifs is 1. The highest BCUT2D eigenvalue weighted by Gasteiger charge is 2.28. The Balaban J connectivity index is 1.60. The van der Waals surface area contributed by atoms with Crippen molar-refractivity contribution in [2.75, 3.05) is 18.4 Å². The molecule has 2 N–H and O–H groups in total. The van der Waals surface area contributed by atoms with Gasteiger partial charge in [0.15, 0.2) is 5.65 Å². The first-order chi connectivity index (χ1) is 10.8. The van der Waals surface area contributed by atoms with Gasteiger partial charge in [0.1, 0.15) is 12.1 Å². The molecule has 0 atom stereocenters. The van der Waals surface area contributed by atoms with Crippen LogP contribution in [0.15, 0.2) is 12.5 Å². The van der Waals surface area contributed by atoms with Crippen LogP contribution in [0.2, 0.25) is 0 Å². The summed E-state index contributed by atoms with van der Waals surface area (Å²) in [4.78, 5) is 20.0. The van der Waals surface area contributed by atoms with Gasteiger partial charge in [0, 0.05) is 19.0 Å². The third-order valence-electron chi connectivity index (χ3n) is 3.53. The fourth-order valence-corrected chi connectivity index (χ4v) is 2.21. The molecule has 2 aromatic heterocycles. The molecule has 1 saturated carbocycles. The Labute approximate surface area is 127 Å². The first-order valence-electron chi connectivity index (χ1n) is 7.34. The minimum absolute atomic E-state index is 0.138. The van der Waals surface area contributed by atoms with Crippen LogP contribution >= 0.6 is 0 Å². The van der Waals surface area contributed by atoms with E-state index in [1.165, 1.54) is 6.33 Å². The van der Waals surface area contributed by atoms with E-state index in [2.05, 4.69) is 31.8 Å². The van der Waals surface area contributed by atoms with Gasteiger partial charge in [0.2, 0.25) is 5.91 Å². The van der Waals surface area contributed by atoms with E-state index in [4.69, 9.17) is 5.26 Å². The smallest absolute Gasteiger partial charge is 0.223 e. The number of aromatic nitrogens is 4. The van der Waals surface area contributed by atoms with Crippen LogP contribution in [0.1, 0.15) is 19.3 Å². The summed E-state index contributed by atoms with van der Waals surface area (Å²) in [5.41, 5.74) is 0.703. The summed E-state index contributed by atoms with van der Waals surface area (Å²) in [6.07, 6.45) is 5.56. The van der Waals surface area contributed by atoms with Crippen molar-refractivity contribution in [2.45, 2.75) is 25.8 Å². The van der Waals surface area contributed by atoms with Gasteiger partial charge in [-0.2, -0.15) is 10.4 Å². The maximum absolute atomic E-state index is 11.5. The first-order valence-corrected chi connectivity index (χ1v) is 7.34. The zero-order chi connectivity index (χ0) is 15.4. The fraction of sp³-hybridized carbons (Fsp3) is 0.500. The Hall–Kier alpha value is -2.69. The lowest BCUT2D eigenvalue weighted by Crippen LogP contribution is -2.29. The van der Waals surface area contributed by atoms with E-state index in [-0.39, 0.29) is 11.8 Å². The van der Waals surface area contributed by atoms with Crippen LogP contribution in [0.3, 0.4) is 0 Å². The van der Waals surface area contributed by atoms with E-state index in [9.17, 15) is 4.79 Å². The third-order valence-corrected chi connectivity index (χ3v) is 3.53. The second-order valence-electron chi connectivity index (χ2n) is 5.23. The summed E-state index contributed by atoms with van der Waals surface area (Å²) >= 11 is 0. The summed E-state index contributed by atoms with van der Waals surface area (Å²) in [6, 6.07) is 2.09. The molecule has 0 saturated heterocycles. The summed E-state index contributed by atoms with van der Waals surface area (Å²) in [5, 5.41) is 19.8. The Bertz CT molecular complexity index is 714. The van der Waals surface area contributed by atoms with E-state index >= 15 is 0 Å². The largest absolute Gasteiger partial charge is 0.368 e. The third kappa shape index (κ3) is 3.14. The molecule has 3 rings (SSSR count). The molecule has 114 valence electrons. The molecule has 1 aliphatic carbocycles. The highest BCUT2D eigenvalue weighted by Crippen LogP contribution is 2.28. The minimum atomic E-state index is 0.138. The fourth-order valence-electron chi connectivity index (χ4n) is 2.21. The van der Waals surface area contributed by atoms with Gasteiger partial charge in [-0.05, 0) is 12.8 Å². The lowest BCUT2D eigenvalue weighted by atomic mass is 10.3. The molecular formula is C14H17N7O. The topological polar surface area (TPSA) is 109 Å². The van der Waals surface area contributed by atoms with E-state index in [0.717, 1.165) is 18.2 Å². The van der Waals surface area contributed by atoms with Gasteiger partial charge in [0.05, 0.1) is 30.6 Å². The predicted octanol–water partition coefficient (Wildman–Crippen LogP) is 0.678. The zero-order valence-electron chi connectivity index (χ0n) is 12.1. The Morgan fingerprint density at radius 2 is 2.27 bits per heavy atom. The summed E-state index contributed by atoms with van der Waals surface area (Å²) in [5.74, 6) is 1.05. The number of hydrogen-bond acceptors (Lipinski definition) is 6. The number of hydrogen-bond donors (Lipinski definition) is 2. The average molecular weight is 299 g/mol. The molecule has 2 aromatic rings. The number of aryl methyl sites for hydroxylation is 1. The van der Waals surface area contributed by atoms with Gasteiger partial charge < -0.3 is 10.6 Å². The normalized spacial score (nSPS) is 13.8. The Morgan fingerprint density at radius 1 is 1.41 bits per heavy atom. The number of amides is 1. The number of nitrogens with zero attached hydrogens (tertiary/aromatic N) is 5. The number of rotatable bonds is 7. The van der Waals surface area contributed by atoms with Crippen molar-refractivity contribution in [1.82, 2.24) is 25.1 Å². The van der Waals surface area contributed by atoms with Crippen molar-refractivity contribution < 1.29 is 4.79 Å². The monoisotopic (exact) mass is 299 g/mol. The molecule has 0 unspecified atom stereocenters. The number of anilines is 1. The number of nitriles is 1. The van der Waals surface area contributed by atoms with Crippen LogP contribution in [0, 0.1) is 17.2 Å². The highest BCUT2D eigenvalue weighted by molar-refractivity contribution is 5.86. The summed E-state index contributed by atoms with van der Waals surface area (Å²) < 4.78 is 1.69. The molecule has 1 amide bonds. The van der Waals surface area contributed by atoms with Crippen LogP contribution in [0.4, 0.5) is 5.82 Å². The van der Waals surface area contributed by atoms with Crippen LogP contribution in [-0.4, -0.2) is 38.7 Å². The molecule has 1 fully saturated rings. The van der Waals surface area contributed by atoms with E-state index < -0.39 is 0 Å². The molecule has 2 heterocycles. The van der Waals surface area contributed by atoms with Gasteiger partial charge in [-0.3, -0.25) is 4.79 Å². The highest BCUT2D eigenvalue weighted by atomic mass is 16.2. The quantitative estimate of drug-likeness (QED) is 0.728. The molecule has 0 aliphatic heterocycles. The zero-order valence-corrected chi connectivity index (χ0v) is 12.1. The maximum Gasteiger partial charge on any atom is 0.223 e. The second kappa shape index (κ2) is 6.39. The lowest BCUT2D eigenvalue weighted by molar-refractivity contribution is -0.122. The number of carbonyl (C=O) groups is 1. The molecular weight excluding hydrogens is 282 g/mol. The predicted molar refractivity (Wildman–Crippen MR) is 79.8 cm³/mol. The van der Waals surface area contributed by atoms with Crippen molar-refractivity contribution in [2.24, 2.45) is 5.92 Å². The van der Waals surface area contributed by atoms with Crippen molar-refractivity contribution in [3.8, 4) is 6.07 Å². The van der Waals surface area contributed by atoms with Crippen molar-refractivity contribution >= 4 is 22.8 Å². The van der Waals surface area contributed by atoms with Crippen LogP contribution in [0.25, 0.3) is 11.0 Å². The Kier molecular flexibility index (Phi) is 4.14.